The minimum Gasteiger partial charge on any atom is -0.497 e. The molecule has 18 heteroatoms. The summed E-state index contributed by atoms with van der Waals surface area (Å²) in [6, 6.07) is 84.4. The molecule has 9 aromatic rings. The summed E-state index contributed by atoms with van der Waals surface area (Å²) in [5, 5.41) is 7.59. The quantitative estimate of drug-likeness (QED) is 0.0362. The van der Waals surface area contributed by atoms with Gasteiger partial charge in [-0.25, -0.2) is 0 Å². The van der Waals surface area contributed by atoms with E-state index in [0.29, 0.717) is 17.2 Å². The maximum Gasteiger partial charge on any atom is 0.303 e. The Kier molecular flexibility index (Phi) is 26.7. The molecule has 3 aliphatic heterocycles. The number of esters is 2. The summed E-state index contributed by atoms with van der Waals surface area (Å²) in [7, 11) is 1.61. The first-order chi connectivity index (χ1) is 50.2. The number of para-hydroxylation sites is 2. The van der Waals surface area contributed by atoms with E-state index in [1.54, 1.807) is 7.11 Å². The lowest BCUT2D eigenvalue weighted by molar-refractivity contribution is -0.340. The molecule has 15 unspecified atom stereocenters. The lowest BCUT2D eigenvalue weighted by Gasteiger charge is -2.52. The maximum absolute atomic E-state index is 13.6. The minimum atomic E-state index is -1.25. The van der Waals surface area contributed by atoms with E-state index in [2.05, 4.69) is 10.6 Å². The van der Waals surface area contributed by atoms with Crippen LogP contribution in [-0.4, -0.2) is 125 Å². The van der Waals surface area contributed by atoms with Crippen molar-refractivity contribution in [2.75, 3.05) is 37.6 Å². The molecule has 3 fully saturated rings. The fourth-order valence-electron chi connectivity index (χ4n) is 13.3. The topological polar surface area (TPSA) is 187 Å². The highest BCUT2D eigenvalue weighted by atomic mass is 16.7. The van der Waals surface area contributed by atoms with Crippen molar-refractivity contribution in [2.45, 2.75) is 146 Å². The second kappa shape index (κ2) is 37.6. The summed E-state index contributed by atoms with van der Waals surface area (Å²) in [6.45, 7) is 3.79. The molecule has 3 heterocycles. The SMILES string of the molecule is COc1ccc(OC2OC(COCc3ccccc3)C(OC3OC(COCc4ccccc4)C(OC(C)=O)C(OCc4ccccc4)C3Nc3ccccc3)C(OCc3ccccc3)C2CC2OC(COCc3ccccc3)C(OC(C)=O)C(OCc3ccccc3)C2Nc2ccccc2)cc1. The number of hydrogen-bond acceptors (Lipinski definition) is 18. The van der Waals surface area contributed by atoms with Gasteiger partial charge in [-0.05, 0) is 88.3 Å². The van der Waals surface area contributed by atoms with E-state index in [-0.39, 0.29) is 65.9 Å². The molecule has 0 radical (unpaired) electrons. The van der Waals surface area contributed by atoms with Crippen molar-refractivity contribution in [3.05, 3.63) is 300 Å². The summed E-state index contributed by atoms with van der Waals surface area (Å²) >= 11 is 0. The Hall–Kier alpha value is -9.28. The number of methoxy groups -OCH3 is 1. The van der Waals surface area contributed by atoms with Gasteiger partial charge in [0.25, 0.3) is 0 Å². The van der Waals surface area contributed by atoms with E-state index in [1.165, 1.54) is 13.8 Å². The molecule has 3 aliphatic rings. The highest BCUT2D eigenvalue weighted by Gasteiger charge is 2.57. The normalized spacial score (nSPS) is 24.8. The van der Waals surface area contributed by atoms with Crippen molar-refractivity contribution in [3.8, 4) is 11.5 Å². The van der Waals surface area contributed by atoms with Crippen LogP contribution in [0.2, 0.25) is 0 Å². The lowest BCUT2D eigenvalue weighted by atomic mass is 9.81. The third-order valence-electron chi connectivity index (χ3n) is 18.2. The molecule has 102 heavy (non-hydrogen) atoms. The Morgan fingerprint density at radius 2 is 0.676 bits per heavy atom. The molecule has 2 N–H and O–H groups in total. The number of ether oxygens (including phenoxy) is 14. The Morgan fingerprint density at radius 3 is 1.08 bits per heavy atom. The first kappa shape index (κ1) is 72.5. The number of anilines is 2. The van der Waals surface area contributed by atoms with E-state index in [0.717, 1.165) is 39.1 Å². The largest absolute Gasteiger partial charge is 0.497 e. The molecule has 0 saturated carbocycles. The zero-order valence-electron chi connectivity index (χ0n) is 57.7. The van der Waals surface area contributed by atoms with Crippen molar-refractivity contribution >= 4 is 23.3 Å². The highest BCUT2D eigenvalue weighted by Crippen LogP contribution is 2.43. The van der Waals surface area contributed by atoms with Crippen LogP contribution in [0.25, 0.3) is 0 Å². The van der Waals surface area contributed by atoms with Crippen LogP contribution in [0.15, 0.2) is 267 Å². The molecule has 532 valence electrons. The average molecular weight is 1380 g/mol. The highest BCUT2D eigenvalue weighted by molar-refractivity contribution is 5.67. The second-order valence-corrected chi connectivity index (χ2v) is 25.6. The Labute approximate surface area is 597 Å². The van der Waals surface area contributed by atoms with E-state index in [4.69, 9.17) is 66.3 Å². The van der Waals surface area contributed by atoms with Gasteiger partial charge in [-0.15, -0.1) is 0 Å². The molecule has 0 spiro atoms. The molecule has 18 nitrogen and oxygen atoms in total. The fraction of sp³-hybridized carbons (Fsp3) is 0.333. The number of nitrogens with one attached hydrogen (secondary N) is 2. The number of hydrogen-bond donors (Lipinski definition) is 2. The smallest absolute Gasteiger partial charge is 0.303 e. The number of carbonyl (C=O) groups excluding carboxylic acids is 2. The summed E-state index contributed by atoms with van der Waals surface area (Å²) in [4.78, 5) is 27.2. The molecule has 0 aliphatic carbocycles. The van der Waals surface area contributed by atoms with Crippen LogP contribution in [0.4, 0.5) is 11.4 Å². The Balaban J connectivity index is 1.01. The van der Waals surface area contributed by atoms with Crippen LogP contribution in [0, 0.1) is 5.92 Å². The van der Waals surface area contributed by atoms with Gasteiger partial charge in [0.15, 0.2) is 18.5 Å². The van der Waals surface area contributed by atoms with Gasteiger partial charge in [-0.1, -0.05) is 218 Å². The third-order valence-corrected chi connectivity index (χ3v) is 18.2. The average Bonchev–Trinajstić information content (AvgIpc) is 0.762. The van der Waals surface area contributed by atoms with E-state index < -0.39 is 104 Å². The van der Waals surface area contributed by atoms with Gasteiger partial charge in [0, 0.05) is 25.2 Å². The standard InChI is InChI=1S/C84H90N2O16/c1-58(87)96-79-72(55-90-49-60-28-12-4-13-29-60)99-71(75(85-66-40-24-10-25-41-66)81(79)94-53-64-36-20-8-21-37-64)48-70-77(93-52-63-34-18-7-19-35-63)78(73(56-91-50-61-30-14-5-15-31-61)100-83(70)98-69-46-44-68(89-3)45-47-69)102-84-76(86-67-42-26-11-27-43-67)82(95-54-65-38-22-9-23-39-65)80(97-59(2)88)74(101-84)57-92-51-62-32-16-6-17-33-62/h4-47,70-86H,48-57H2,1-3H3. The van der Waals surface area contributed by atoms with Crippen LogP contribution in [-0.2, 0) is 106 Å². The van der Waals surface area contributed by atoms with Crippen molar-refractivity contribution in [3.63, 3.8) is 0 Å². The van der Waals surface area contributed by atoms with Crippen molar-refractivity contribution in [2.24, 2.45) is 5.92 Å². The molecular weight excluding hydrogens is 1290 g/mol. The molecule has 0 bridgehead atoms. The second-order valence-electron chi connectivity index (χ2n) is 25.6. The summed E-state index contributed by atoms with van der Waals surface area (Å²) in [5.74, 6) is -0.787. The van der Waals surface area contributed by atoms with E-state index >= 15 is 0 Å². The van der Waals surface area contributed by atoms with Crippen molar-refractivity contribution < 1.29 is 75.9 Å². The monoisotopic (exact) mass is 1380 g/mol. The predicted octanol–water partition coefficient (Wildman–Crippen LogP) is 13.9. The summed E-state index contributed by atoms with van der Waals surface area (Å²) in [5.41, 5.74) is 6.96. The van der Waals surface area contributed by atoms with Crippen LogP contribution < -0.4 is 20.1 Å². The molecule has 3 saturated heterocycles. The third kappa shape index (κ3) is 20.7. The van der Waals surface area contributed by atoms with Gasteiger partial charge >= 0.3 is 11.9 Å². The van der Waals surface area contributed by atoms with Gasteiger partial charge in [-0.2, -0.15) is 0 Å². The van der Waals surface area contributed by atoms with Crippen LogP contribution in [0.5, 0.6) is 11.5 Å². The molecule has 0 aromatic heterocycles. The van der Waals surface area contributed by atoms with Crippen LogP contribution >= 0.6 is 0 Å². The van der Waals surface area contributed by atoms with E-state index in [1.807, 2.05) is 267 Å². The van der Waals surface area contributed by atoms with Gasteiger partial charge in [0.2, 0.25) is 6.29 Å². The van der Waals surface area contributed by atoms with Gasteiger partial charge in [0.05, 0.1) is 90.7 Å². The molecule has 0 amide bonds. The predicted molar refractivity (Wildman–Crippen MR) is 385 cm³/mol. The molecule has 15 atom stereocenters. The first-order valence-corrected chi connectivity index (χ1v) is 34.9. The van der Waals surface area contributed by atoms with Crippen LogP contribution in [0.3, 0.4) is 0 Å². The minimum absolute atomic E-state index is 0.00688. The first-order valence-electron chi connectivity index (χ1n) is 34.9. The van der Waals surface area contributed by atoms with Crippen molar-refractivity contribution in [1.29, 1.82) is 0 Å². The van der Waals surface area contributed by atoms with Gasteiger partial charge in [0.1, 0.15) is 54.2 Å². The lowest BCUT2D eigenvalue weighted by Crippen LogP contribution is -2.67. The molecule has 12 rings (SSSR count). The number of benzene rings is 9. The van der Waals surface area contributed by atoms with Gasteiger partial charge in [-0.3, -0.25) is 9.59 Å². The molecular formula is C84H90N2O16. The maximum atomic E-state index is 13.6. The van der Waals surface area contributed by atoms with E-state index in [9.17, 15) is 9.59 Å². The zero-order chi connectivity index (χ0) is 70.1. The summed E-state index contributed by atoms with van der Waals surface area (Å²) < 4.78 is 98.1. The zero-order valence-corrected chi connectivity index (χ0v) is 57.7. The molecule has 9 aromatic carbocycles. The number of carbonyl (C=O) groups is 2. The Morgan fingerprint density at radius 1 is 0.343 bits per heavy atom. The fourth-order valence-corrected chi connectivity index (χ4v) is 13.3. The summed E-state index contributed by atoms with van der Waals surface area (Å²) in [6.07, 6.45) is -11.9. The number of rotatable bonds is 34. The van der Waals surface area contributed by atoms with Gasteiger partial charge < -0.3 is 76.9 Å². The van der Waals surface area contributed by atoms with Crippen LogP contribution in [0.1, 0.15) is 53.6 Å². The Bertz CT molecular complexity index is 3880. The van der Waals surface area contributed by atoms with Crippen molar-refractivity contribution in [1.82, 2.24) is 0 Å².